The lowest BCUT2D eigenvalue weighted by Crippen LogP contribution is -2.20. The van der Waals surface area contributed by atoms with Crippen LogP contribution in [-0.4, -0.2) is 38.4 Å². The molecule has 1 aromatic rings. The van der Waals surface area contributed by atoms with Crippen molar-refractivity contribution < 1.29 is 17.5 Å². The van der Waals surface area contributed by atoms with Crippen molar-refractivity contribution in [1.82, 2.24) is 15.0 Å². The van der Waals surface area contributed by atoms with Gasteiger partial charge in [-0.15, -0.1) is 0 Å². The van der Waals surface area contributed by atoms with E-state index in [0.29, 0.717) is 0 Å². The average Bonchev–Trinajstić information content (AvgIpc) is 1.94. The van der Waals surface area contributed by atoms with Crippen LogP contribution in [0.15, 0.2) is 0 Å². The summed E-state index contributed by atoms with van der Waals surface area (Å²) in [6.45, 7) is 0. The Labute approximate surface area is 101 Å². The van der Waals surface area contributed by atoms with Gasteiger partial charge in [-0.3, -0.25) is 14.5 Å². The Morgan fingerprint density at radius 3 is 1.17 bits per heavy atom. The van der Waals surface area contributed by atoms with E-state index >= 15 is 0 Å². The summed E-state index contributed by atoms with van der Waals surface area (Å²) < 4.78 is 31.6. The number of anilines is 3. The number of nitrogens with zero attached hydrogens (tertiary/aromatic N) is 3. The van der Waals surface area contributed by atoms with Crippen LogP contribution in [0.25, 0.3) is 0 Å². The molecule has 0 saturated heterocycles. The van der Waals surface area contributed by atoms with Gasteiger partial charge in [-0.25, -0.2) is 0 Å². The summed E-state index contributed by atoms with van der Waals surface area (Å²) in [5.74, 6) is -0.208. The fourth-order valence-electron chi connectivity index (χ4n) is 0.427. The number of nitrogen functional groups attached to an aromatic ring is 3. The lowest BCUT2D eigenvalue weighted by Gasteiger charge is -1.93. The second-order valence-electron chi connectivity index (χ2n) is 2.31. The van der Waals surface area contributed by atoms with E-state index in [4.69, 9.17) is 40.1 Å². The maximum atomic E-state index is 8.74. The van der Waals surface area contributed by atoms with Crippen molar-refractivity contribution in [1.29, 1.82) is 5.41 Å². The minimum atomic E-state index is -4.67. The zero-order valence-electron chi connectivity index (χ0n) is 8.85. The van der Waals surface area contributed by atoms with Crippen molar-refractivity contribution in [3.63, 3.8) is 0 Å². The molecule has 0 unspecified atom stereocenters. The Morgan fingerprint density at radius 1 is 0.944 bits per heavy atom. The highest BCUT2D eigenvalue weighted by molar-refractivity contribution is 7.79. The molecular weight excluding hydrogens is 270 g/mol. The Morgan fingerprint density at radius 2 is 1.06 bits per heavy atom. The van der Waals surface area contributed by atoms with E-state index in [2.05, 4.69) is 26.4 Å². The lowest BCUT2D eigenvalue weighted by atomic mass is 10.9. The van der Waals surface area contributed by atoms with Crippen LogP contribution < -0.4 is 28.7 Å². The molecule has 0 fully saturated rings. The fraction of sp³-hybridized carbons (Fsp3) is 0. The zero-order chi connectivity index (χ0) is 14.9. The van der Waals surface area contributed by atoms with Crippen molar-refractivity contribution in [2.45, 2.75) is 0 Å². The molecule has 1 rings (SSSR count). The van der Waals surface area contributed by atoms with E-state index in [1.807, 2.05) is 0 Å². The molecule has 1 heterocycles. The van der Waals surface area contributed by atoms with Crippen molar-refractivity contribution >= 4 is 34.2 Å². The summed E-state index contributed by atoms with van der Waals surface area (Å²) in [4.78, 5) is 10.5. The third-order valence-electron chi connectivity index (χ3n) is 0.687. The molecule has 104 valence electrons. The number of guanidine groups is 1. The second-order valence-corrected chi connectivity index (χ2v) is 3.21. The maximum Gasteiger partial charge on any atom is 0.394 e. The van der Waals surface area contributed by atoms with E-state index in [-0.39, 0.29) is 23.8 Å². The van der Waals surface area contributed by atoms with Crippen molar-refractivity contribution in [3.05, 3.63) is 0 Å². The number of hydrogen-bond acceptors (Lipinski definition) is 9. The maximum absolute atomic E-state index is 8.74. The molecule has 0 saturated carbocycles. The number of hydrogen-bond donors (Lipinski definition) is 8. The lowest BCUT2D eigenvalue weighted by molar-refractivity contribution is 0.381. The molecule has 0 amide bonds. The highest BCUT2D eigenvalue weighted by Crippen LogP contribution is 1.97. The largest absolute Gasteiger partial charge is 0.394 e. The molecule has 0 aliphatic carbocycles. The van der Waals surface area contributed by atoms with Crippen LogP contribution in [0, 0.1) is 5.41 Å². The van der Waals surface area contributed by atoms with Gasteiger partial charge in [-0.05, 0) is 0 Å². The predicted molar refractivity (Wildman–Crippen MR) is 63.3 cm³/mol. The number of aromatic nitrogens is 3. The molecule has 13 nitrogen and oxygen atoms in total. The Bertz CT molecular complexity index is 425. The van der Waals surface area contributed by atoms with Gasteiger partial charge in [-0.2, -0.15) is 23.4 Å². The minimum absolute atomic E-state index is 0.0417. The molecule has 0 aromatic carbocycles. The van der Waals surface area contributed by atoms with Gasteiger partial charge in [0.1, 0.15) is 0 Å². The molecule has 1 aromatic heterocycles. The molecule has 14 heteroatoms. The Balaban J connectivity index is 0. The van der Waals surface area contributed by atoms with Crippen LogP contribution in [0.2, 0.25) is 0 Å². The summed E-state index contributed by atoms with van der Waals surface area (Å²) in [5.41, 5.74) is 24.4. The van der Waals surface area contributed by atoms with Crippen molar-refractivity contribution in [2.75, 3.05) is 17.2 Å². The summed E-state index contributed by atoms with van der Waals surface area (Å²) in [6.07, 6.45) is 0. The highest BCUT2D eigenvalue weighted by Gasteiger charge is 1.93. The SMILES string of the molecule is N=C(N)N.Nc1nc(N)nc(N)n1.O=S(=O)(O)O. The molecule has 0 atom stereocenters. The first-order valence-corrected chi connectivity index (χ1v) is 5.13. The first kappa shape index (κ1) is 17.9. The summed E-state index contributed by atoms with van der Waals surface area (Å²) in [5, 5.41) is 6.06. The molecule has 0 spiro atoms. The third kappa shape index (κ3) is 23.4. The van der Waals surface area contributed by atoms with Crippen molar-refractivity contribution in [2.24, 2.45) is 11.5 Å². The molecular formula is C4H13N9O4S. The predicted octanol–water partition coefficient (Wildman–Crippen LogP) is -3.20. The fourth-order valence-corrected chi connectivity index (χ4v) is 0.427. The van der Waals surface area contributed by atoms with Crippen LogP contribution in [0.5, 0.6) is 0 Å². The molecule has 0 aliphatic rings. The Kier molecular flexibility index (Phi) is 7.73. The summed E-state index contributed by atoms with van der Waals surface area (Å²) in [7, 11) is -4.67. The average molecular weight is 283 g/mol. The normalized spacial score (nSPS) is 9.22. The molecule has 18 heavy (non-hydrogen) atoms. The van der Waals surface area contributed by atoms with Gasteiger partial charge < -0.3 is 28.7 Å². The van der Waals surface area contributed by atoms with Gasteiger partial charge in [-0.1, -0.05) is 0 Å². The van der Waals surface area contributed by atoms with Crippen LogP contribution >= 0.6 is 0 Å². The van der Waals surface area contributed by atoms with Gasteiger partial charge in [0.2, 0.25) is 17.8 Å². The monoisotopic (exact) mass is 283 g/mol. The van der Waals surface area contributed by atoms with Gasteiger partial charge in [0.15, 0.2) is 5.96 Å². The first-order chi connectivity index (χ1) is 7.91. The number of nitrogens with one attached hydrogen (secondary N) is 1. The third-order valence-corrected chi connectivity index (χ3v) is 0.687. The second kappa shape index (κ2) is 7.76. The summed E-state index contributed by atoms with van der Waals surface area (Å²) in [6, 6.07) is 0. The number of rotatable bonds is 0. The van der Waals surface area contributed by atoms with Crippen LogP contribution in [0.3, 0.4) is 0 Å². The zero-order valence-corrected chi connectivity index (χ0v) is 9.66. The molecule has 13 N–H and O–H groups in total. The van der Waals surface area contributed by atoms with Gasteiger partial charge in [0.05, 0.1) is 0 Å². The Hall–Kier alpha value is -2.45. The van der Waals surface area contributed by atoms with E-state index in [0.717, 1.165) is 0 Å². The van der Waals surface area contributed by atoms with Crippen molar-refractivity contribution in [3.8, 4) is 0 Å². The van der Waals surface area contributed by atoms with E-state index in [1.165, 1.54) is 0 Å². The molecule has 0 bridgehead atoms. The van der Waals surface area contributed by atoms with Crippen LogP contribution in [-0.2, 0) is 10.4 Å². The van der Waals surface area contributed by atoms with Gasteiger partial charge in [0, 0.05) is 0 Å². The van der Waals surface area contributed by atoms with Crippen LogP contribution in [0.4, 0.5) is 17.8 Å². The minimum Gasteiger partial charge on any atom is -0.370 e. The first-order valence-electron chi connectivity index (χ1n) is 3.73. The quantitative estimate of drug-likeness (QED) is 0.133. The standard InChI is InChI=1S/C3H6N6.CH5N3.H2O4S/c4-1-7-2(5)9-3(6)8-1;2-1(3)4;1-5(2,3)4/h(H6,4,5,6,7,8,9);(H5,2,3,4);(H2,1,2,3,4). The van der Waals surface area contributed by atoms with Gasteiger partial charge in [0.25, 0.3) is 0 Å². The molecule has 0 aliphatic heterocycles. The van der Waals surface area contributed by atoms with Gasteiger partial charge >= 0.3 is 10.4 Å². The topological polar surface area (TPSA) is 267 Å². The van der Waals surface area contributed by atoms with Crippen LogP contribution in [0.1, 0.15) is 0 Å². The number of nitrogens with two attached hydrogens (primary N) is 5. The highest BCUT2D eigenvalue weighted by atomic mass is 32.3. The van der Waals surface area contributed by atoms with E-state index in [1.54, 1.807) is 0 Å². The summed E-state index contributed by atoms with van der Waals surface area (Å²) >= 11 is 0. The van der Waals surface area contributed by atoms with E-state index < -0.39 is 10.4 Å². The molecule has 0 radical (unpaired) electrons. The van der Waals surface area contributed by atoms with E-state index in [9.17, 15) is 0 Å². The smallest absolute Gasteiger partial charge is 0.370 e.